The fourth-order valence-electron chi connectivity index (χ4n) is 3.17. The van der Waals surface area contributed by atoms with Gasteiger partial charge in [0.25, 0.3) is 0 Å². The van der Waals surface area contributed by atoms with Gasteiger partial charge in [0.15, 0.2) is 0 Å². The first-order valence-electron chi connectivity index (χ1n) is 9.66. The van der Waals surface area contributed by atoms with Crippen molar-refractivity contribution in [1.82, 2.24) is 4.48 Å². The number of hydrogen-bond donors (Lipinski definition) is 1. The Kier molecular flexibility index (Phi) is 6.72. The first-order valence-corrected chi connectivity index (χ1v) is 9.66. The van der Waals surface area contributed by atoms with Crippen LogP contribution in [-0.2, 0) is 0 Å². The second kappa shape index (κ2) is 9.42. The molecular weight excluding hydrogens is 345 g/mol. The van der Waals surface area contributed by atoms with Gasteiger partial charge in [0, 0.05) is 11.3 Å². The molecule has 0 aliphatic carbocycles. The van der Waals surface area contributed by atoms with E-state index >= 15 is 0 Å². The average molecular weight is 371 g/mol. The molecule has 0 saturated heterocycles. The SMILES string of the molecule is [B]n1cccc1/C(CCN)=C1N=C(/C=C/c2ccc(OCCC)cc2)C=C\1C. The van der Waals surface area contributed by atoms with Gasteiger partial charge in [-0.05, 0) is 80.1 Å². The number of rotatable bonds is 8. The lowest BCUT2D eigenvalue weighted by atomic mass is 10.0. The molecule has 1 aromatic carbocycles. The van der Waals surface area contributed by atoms with E-state index in [1.807, 2.05) is 48.7 Å². The first-order chi connectivity index (χ1) is 13.6. The summed E-state index contributed by atoms with van der Waals surface area (Å²) in [7, 11) is 6.05. The molecular formula is C23H26BN3O. The van der Waals surface area contributed by atoms with Crippen molar-refractivity contribution < 1.29 is 4.74 Å². The van der Waals surface area contributed by atoms with Crippen molar-refractivity contribution >= 4 is 25.3 Å². The number of nitrogens with two attached hydrogens (primary N) is 1. The Morgan fingerprint density at radius 3 is 2.64 bits per heavy atom. The van der Waals surface area contributed by atoms with Gasteiger partial charge in [0.2, 0.25) is 7.98 Å². The maximum absolute atomic E-state index is 6.05. The molecule has 2 heterocycles. The molecule has 1 aliphatic heterocycles. The summed E-state index contributed by atoms with van der Waals surface area (Å²) in [6.45, 7) is 5.45. The fraction of sp³-hybridized carbons (Fsp3) is 0.261. The first kappa shape index (κ1) is 20.0. The van der Waals surface area contributed by atoms with Gasteiger partial charge in [-0.25, -0.2) is 4.99 Å². The molecule has 0 unspecified atom stereocenters. The zero-order chi connectivity index (χ0) is 19.9. The predicted octanol–water partition coefficient (Wildman–Crippen LogP) is 4.38. The Morgan fingerprint density at radius 1 is 1.21 bits per heavy atom. The monoisotopic (exact) mass is 371 g/mol. The minimum atomic E-state index is 0.546. The van der Waals surface area contributed by atoms with Crippen molar-refractivity contribution in [3.8, 4) is 5.75 Å². The van der Waals surface area contributed by atoms with Gasteiger partial charge in [-0.2, -0.15) is 0 Å². The molecule has 0 saturated carbocycles. The van der Waals surface area contributed by atoms with E-state index in [9.17, 15) is 0 Å². The van der Waals surface area contributed by atoms with E-state index in [0.29, 0.717) is 6.54 Å². The fourth-order valence-corrected chi connectivity index (χ4v) is 3.17. The van der Waals surface area contributed by atoms with Crippen LogP contribution in [0.25, 0.3) is 11.6 Å². The lowest BCUT2D eigenvalue weighted by Crippen LogP contribution is -2.05. The topological polar surface area (TPSA) is 52.5 Å². The highest BCUT2D eigenvalue weighted by molar-refractivity contribution is 6.11. The highest BCUT2D eigenvalue weighted by Gasteiger charge is 2.16. The Bertz CT molecular complexity index is 933. The zero-order valence-electron chi connectivity index (χ0n) is 16.6. The Labute approximate surface area is 168 Å². The molecule has 1 aliphatic rings. The highest BCUT2D eigenvalue weighted by Crippen LogP contribution is 2.31. The van der Waals surface area contributed by atoms with E-state index in [0.717, 1.165) is 59.0 Å². The predicted molar refractivity (Wildman–Crippen MR) is 119 cm³/mol. The maximum Gasteiger partial charge on any atom is 0.234 e. The van der Waals surface area contributed by atoms with Gasteiger partial charge in [-0.3, -0.25) is 0 Å². The van der Waals surface area contributed by atoms with Crippen molar-refractivity contribution in [3.05, 3.63) is 77.3 Å². The summed E-state index contributed by atoms with van der Waals surface area (Å²) in [4.78, 5) is 4.83. The molecule has 2 radical (unpaired) electrons. The minimum absolute atomic E-state index is 0.546. The quantitative estimate of drug-likeness (QED) is 0.700. The summed E-state index contributed by atoms with van der Waals surface area (Å²) in [6.07, 6.45) is 9.73. The maximum atomic E-state index is 6.05. The standard InChI is InChI=1S/C23H26BN3O/c1-3-15-28-20-10-7-18(8-11-20)6-9-19-16-17(2)23(26-19)21(12-13-25)22-5-4-14-27(22)24/h4-11,14,16H,3,12-13,15,25H2,1-2H3/b9-6+,23-21-. The van der Waals surface area contributed by atoms with E-state index in [1.54, 1.807) is 4.48 Å². The van der Waals surface area contributed by atoms with Gasteiger partial charge < -0.3 is 14.9 Å². The van der Waals surface area contributed by atoms with Crippen LogP contribution in [0, 0.1) is 0 Å². The van der Waals surface area contributed by atoms with Gasteiger partial charge in [-0.15, -0.1) is 0 Å². The molecule has 4 nitrogen and oxygen atoms in total. The summed E-state index contributed by atoms with van der Waals surface area (Å²) >= 11 is 0. The van der Waals surface area contributed by atoms with Gasteiger partial charge in [0.05, 0.1) is 18.0 Å². The molecule has 0 atom stereocenters. The second-order valence-corrected chi connectivity index (χ2v) is 6.78. The molecule has 28 heavy (non-hydrogen) atoms. The zero-order valence-corrected chi connectivity index (χ0v) is 16.6. The summed E-state index contributed by atoms with van der Waals surface area (Å²) < 4.78 is 7.25. The van der Waals surface area contributed by atoms with Crippen LogP contribution >= 0.6 is 0 Å². The second-order valence-electron chi connectivity index (χ2n) is 6.78. The van der Waals surface area contributed by atoms with Crippen LogP contribution in [0.3, 0.4) is 0 Å². The van der Waals surface area contributed by atoms with Crippen LogP contribution in [-0.4, -0.2) is 31.3 Å². The third-order valence-electron chi connectivity index (χ3n) is 4.55. The molecule has 0 amide bonds. The summed E-state index contributed by atoms with van der Waals surface area (Å²) in [6, 6.07) is 12.0. The molecule has 0 fully saturated rings. The molecule has 142 valence electrons. The Hall–Kier alpha value is -2.79. The molecule has 3 rings (SSSR count). The van der Waals surface area contributed by atoms with E-state index in [-0.39, 0.29) is 0 Å². The van der Waals surface area contributed by atoms with Crippen LogP contribution in [0.1, 0.15) is 37.9 Å². The van der Waals surface area contributed by atoms with Crippen LogP contribution < -0.4 is 10.5 Å². The van der Waals surface area contributed by atoms with Gasteiger partial charge in [-0.1, -0.05) is 25.1 Å². The van der Waals surface area contributed by atoms with E-state index < -0.39 is 0 Å². The van der Waals surface area contributed by atoms with Crippen molar-refractivity contribution in [2.45, 2.75) is 26.7 Å². The number of nitrogens with zero attached hydrogens (tertiary/aromatic N) is 2. The third kappa shape index (κ3) is 4.73. The van der Waals surface area contributed by atoms with Crippen LogP contribution in [0.4, 0.5) is 0 Å². The van der Waals surface area contributed by atoms with Crippen molar-refractivity contribution in [2.24, 2.45) is 10.7 Å². The number of benzene rings is 1. The smallest absolute Gasteiger partial charge is 0.234 e. The Balaban J connectivity index is 1.82. The van der Waals surface area contributed by atoms with Crippen LogP contribution in [0.5, 0.6) is 5.75 Å². The van der Waals surface area contributed by atoms with Gasteiger partial charge >= 0.3 is 0 Å². The lowest BCUT2D eigenvalue weighted by molar-refractivity contribution is 0.317. The molecule has 0 bridgehead atoms. The van der Waals surface area contributed by atoms with Gasteiger partial charge in [0.1, 0.15) is 5.75 Å². The van der Waals surface area contributed by atoms with Crippen molar-refractivity contribution in [2.75, 3.05) is 13.2 Å². The van der Waals surface area contributed by atoms with E-state index in [1.165, 1.54) is 0 Å². The Morgan fingerprint density at radius 2 is 2.00 bits per heavy atom. The summed E-state index contributed by atoms with van der Waals surface area (Å²) in [5, 5.41) is 0. The number of ether oxygens (including phenoxy) is 1. The normalized spacial score (nSPS) is 15.7. The number of aromatic nitrogens is 1. The minimum Gasteiger partial charge on any atom is -0.494 e. The molecule has 2 N–H and O–H groups in total. The average Bonchev–Trinajstić information content (AvgIpc) is 3.29. The summed E-state index contributed by atoms with van der Waals surface area (Å²) in [5.74, 6) is 0.898. The lowest BCUT2D eigenvalue weighted by Gasteiger charge is -2.11. The molecule has 0 spiro atoms. The molecule has 5 heteroatoms. The highest BCUT2D eigenvalue weighted by atomic mass is 16.5. The van der Waals surface area contributed by atoms with Crippen molar-refractivity contribution in [3.63, 3.8) is 0 Å². The van der Waals surface area contributed by atoms with E-state index in [2.05, 4.69) is 26.0 Å². The van der Waals surface area contributed by atoms with Crippen molar-refractivity contribution in [1.29, 1.82) is 0 Å². The van der Waals surface area contributed by atoms with Crippen LogP contribution in [0.2, 0.25) is 0 Å². The number of aliphatic imine (C=N–C) groups is 1. The third-order valence-corrected chi connectivity index (χ3v) is 4.55. The van der Waals surface area contributed by atoms with Crippen LogP contribution in [0.15, 0.2) is 71.0 Å². The number of hydrogen-bond acceptors (Lipinski definition) is 3. The van der Waals surface area contributed by atoms with E-state index in [4.69, 9.17) is 23.4 Å². The largest absolute Gasteiger partial charge is 0.494 e. The molecule has 1 aromatic heterocycles. The molecule has 2 aromatic rings. The summed E-state index contributed by atoms with van der Waals surface area (Å²) in [5.41, 5.74) is 12.0. The number of allylic oxidation sites excluding steroid dienone is 3.